The van der Waals surface area contributed by atoms with E-state index in [4.69, 9.17) is 11.0 Å². The van der Waals surface area contributed by atoms with Crippen LogP contribution in [-0.4, -0.2) is 40.1 Å². The first kappa shape index (κ1) is 18.3. The summed E-state index contributed by atoms with van der Waals surface area (Å²) in [6.45, 7) is 1.23. The van der Waals surface area contributed by atoms with Crippen LogP contribution in [0.4, 0.5) is 4.39 Å². The minimum Gasteiger partial charge on any atom is -0.336 e. The number of nitrogens with zero attached hydrogens (tertiary/aromatic N) is 3. The predicted octanol–water partition coefficient (Wildman–Crippen LogP) is 3.38. The molecule has 3 heterocycles. The molecular weight excluding hydrogens is 377 g/mol. The molecule has 1 atom stereocenters. The van der Waals surface area contributed by atoms with Crippen LogP contribution < -0.4 is 5.73 Å². The van der Waals surface area contributed by atoms with Crippen LogP contribution in [0.15, 0.2) is 36.7 Å². The molecule has 1 amide bonds. The number of halogens is 1. The third-order valence-electron chi connectivity index (χ3n) is 4.85. The SMILES string of the molecule is N#Cc1ccc(-c2cc(C(=O)N3CCC[C@@H](N)C3)sc2-c2cn[nH]c2)cc1F. The van der Waals surface area contributed by atoms with Gasteiger partial charge in [-0.05, 0) is 36.6 Å². The van der Waals surface area contributed by atoms with Crippen LogP contribution in [0.5, 0.6) is 0 Å². The minimum atomic E-state index is -0.584. The Balaban J connectivity index is 1.76. The van der Waals surface area contributed by atoms with Crippen LogP contribution in [0.3, 0.4) is 0 Å². The fourth-order valence-electron chi connectivity index (χ4n) is 3.42. The van der Waals surface area contributed by atoms with Crippen molar-refractivity contribution in [3.05, 3.63) is 52.9 Å². The zero-order chi connectivity index (χ0) is 19.7. The molecule has 1 aliphatic heterocycles. The molecule has 28 heavy (non-hydrogen) atoms. The maximum Gasteiger partial charge on any atom is 0.264 e. The number of nitrogens with two attached hydrogens (primary N) is 1. The Morgan fingerprint density at radius 2 is 2.25 bits per heavy atom. The Morgan fingerprint density at radius 3 is 2.93 bits per heavy atom. The number of aromatic nitrogens is 2. The van der Waals surface area contributed by atoms with Crippen molar-refractivity contribution in [1.29, 1.82) is 5.26 Å². The van der Waals surface area contributed by atoms with Gasteiger partial charge in [-0.2, -0.15) is 10.4 Å². The molecule has 0 saturated carbocycles. The molecule has 2 aromatic heterocycles. The van der Waals surface area contributed by atoms with Crippen molar-refractivity contribution in [3.63, 3.8) is 0 Å². The number of rotatable bonds is 3. The zero-order valence-electron chi connectivity index (χ0n) is 15.0. The lowest BCUT2D eigenvalue weighted by Crippen LogP contribution is -2.45. The summed E-state index contributed by atoms with van der Waals surface area (Å²) in [7, 11) is 0. The van der Waals surface area contributed by atoms with Gasteiger partial charge >= 0.3 is 0 Å². The van der Waals surface area contributed by atoms with Gasteiger partial charge in [0, 0.05) is 41.3 Å². The van der Waals surface area contributed by atoms with E-state index in [1.165, 1.54) is 23.5 Å². The number of aromatic amines is 1. The molecule has 3 aromatic rings. The monoisotopic (exact) mass is 395 g/mol. The number of thiophene rings is 1. The molecule has 142 valence electrons. The molecule has 8 heteroatoms. The van der Waals surface area contributed by atoms with E-state index in [9.17, 15) is 9.18 Å². The van der Waals surface area contributed by atoms with Crippen molar-refractivity contribution >= 4 is 17.2 Å². The van der Waals surface area contributed by atoms with E-state index in [1.54, 1.807) is 29.4 Å². The quantitative estimate of drug-likeness (QED) is 0.710. The van der Waals surface area contributed by atoms with Crippen LogP contribution in [0.2, 0.25) is 0 Å². The Bertz CT molecular complexity index is 1050. The lowest BCUT2D eigenvalue weighted by Gasteiger charge is -2.30. The summed E-state index contributed by atoms with van der Waals surface area (Å²) in [5.74, 6) is -0.649. The molecule has 1 saturated heterocycles. The highest BCUT2D eigenvalue weighted by atomic mass is 32.1. The van der Waals surface area contributed by atoms with E-state index >= 15 is 0 Å². The first-order valence-corrected chi connectivity index (χ1v) is 9.76. The fraction of sp³-hybridized carbons (Fsp3) is 0.250. The van der Waals surface area contributed by atoms with Crippen molar-refractivity contribution < 1.29 is 9.18 Å². The van der Waals surface area contributed by atoms with E-state index in [0.29, 0.717) is 23.5 Å². The van der Waals surface area contributed by atoms with E-state index in [2.05, 4.69) is 10.2 Å². The van der Waals surface area contributed by atoms with Gasteiger partial charge in [0.1, 0.15) is 11.9 Å². The molecule has 1 fully saturated rings. The summed E-state index contributed by atoms with van der Waals surface area (Å²) < 4.78 is 14.2. The van der Waals surface area contributed by atoms with E-state index in [0.717, 1.165) is 28.8 Å². The van der Waals surface area contributed by atoms with Crippen LogP contribution in [0.25, 0.3) is 21.6 Å². The summed E-state index contributed by atoms with van der Waals surface area (Å²) in [6.07, 6.45) is 5.21. The summed E-state index contributed by atoms with van der Waals surface area (Å²) in [5, 5.41) is 15.7. The smallest absolute Gasteiger partial charge is 0.264 e. The van der Waals surface area contributed by atoms with Gasteiger partial charge < -0.3 is 10.6 Å². The molecule has 0 bridgehead atoms. The number of carbonyl (C=O) groups excluding carboxylic acids is 1. The average Bonchev–Trinajstić information content (AvgIpc) is 3.37. The van der Waals surface area contributed by atoms with Gasteiger partial charge in [0.25, 0.3) is 5.91 Å². The molecule has 0 unspecified atom stereocenters. The molecule has 4 rings (SSSR count). The predicted molar refractivity (Wildman–Crippen MR) is 105 cm³/mol. The second-order valence-corrected chi connectivity index (χ2v) is 7.85. The Kier molecular flexibility index (Phi) is 4.94. The number of nitrogens with one attached hydrogen (secondary N) is 1. The summed E-state index contributed by atoms with van der Waals surface area (Å²) in [4.78, 5) is 16.2. The summed E-state index contributed by atoms with van der Waals surface area (Å²) in [5.41, 5.74) is 8.17. The molecule has 6 nitrogen and oxygen atoms in total. The topological polar surface area (TPSA) is 98.8 Å². The second-order valence-electron chi connectivity index (χ2n) is 6.80. The minimum absolute atomic E-state index is 0.00176. The number of hydrogen-bond acceptors (Lipinski definition) is 5. The number of hydrogen-bond donors (Lipinski definition) is 2. The van der Waals surface area contributed by atoms with Gasteiger partial charge in [-0.25, -0.2) is 4.39 Å². The van der Waals surface area contributed by atoms with Crippen LogP contribution >= 0.6 is 11.3 Å². The molecule has 0 radical (unpaired) electrons. The maximum atomic E-state index is 14.2. The van der Waals surface area contributed by atoms with Gasteiger partial charge in [0.2, 0.25) is 0 Å². The number of likely N-dealkylation sites (tertiary alicyclic amines) is 1. The van der Waals surface area contributed by atoms with Crippen molar-refractivity contribution in [1.82, 2.24) is 15.1 Å². The third kappa shape index (κ3) is 3.42. The van der Waals surface area contributed by atoms with Crippen LogP contribution in [-0.2, 0) is 0 Å². The molecule has 1 aliphatic rings. The molecular formula is C20H18FN5OS. The Hall–Kier alpha value is -3.02. The highest BCUT2D eigenvalue weighted by Gasteiger charge is 2.25. The van der Waals surface area contributed by atoms with Gasteiger partial charge in [-0.15, -0.1) is 11.3 Å². The number of benzene rings is 1. The van der Waals surface area contributed by atoms with Crippen molar-refractivity contribution in [2.75, 3.05) is 13.1 Å². The largest absolute Gasteiger partial charge is 0.336 e. The van der Waals surface area contributed by atoms with Gasteiger partial charge in [-0.1, -0.05) is 6.07 Å². The number of H-pyrrole nitrogens is 1. The van der Waals surface area contributed by atoms with E-state index in [1.807, 2.05) is 6.07 Å². The fourth-order valence-corrected chi connectivity index (χ4v) is 4.55. The highest BCUT2D eigenvalue weighted by Crippen LogP contribution is 2.40. The summed E-state index contributed by atoms with van der Waals surface area (Å²) in [6, 6.07) is 8.09. The second kappa shape index (κ2) is 7.54. The average molecular weight is 395 g/mol. The van der Waals surface area contributed by atoms with Gasteiger partial charge in [-0.3, -0.25) is 9.89 Å². The normalized spacial score (nSPS) is 16.8. The number of nitriles is 1. The first-order valence-electron chi connectivity index (χ1n) is 8.94. The highest BCUT2D eigenvalue weighted by molar-refractivity contribution is 7.18. The maximum absolute atomic E-state index is 14.2. The van der Waals surface area contributed by atoms with Crippen molar-refractivity contribution in [2.45, 2.75) is 18.9 Å². The van der Waals surface area contributed by atoms with Gasteiger partial charge in [0.05, 0.1) is 16.6 Å². The molecule has 3 N–H and O–H groups in total. The lowest BCUT2D eigenvalue weighted by molar-refractivity contribution is 0.0714. The number of amides is 1. The molecule has 0 spiro atoms. The molecule has 1 aromatic carbocycles. The Labute approximate surface area is 165 Å². The standard InChI is InChI=1S/C20H18FN5OS/c21-17-6-12(3-4-13(17)8-22)16-7-18(28-19(16)14-9-24-25-10-14)20(27)26-5-1-2-15(23)11-26/h3-4,6-7,9-10,15H,1-2,5,11,23H2,(H,24,25)/t15-/m1/s1. The number of piperidine rings is 1. The van der Waals surface area contributed by atoms with Gasteiger partial charge in [0.15, 0.2) is 0 Å². The Morgan fingerprint density at radius 1 is 1.39 bits per heavy atom. The first-order chi connectivity index (χ1) is 13.6. The van der Waals surface area contributed by atoms with Crippen LogP contribution in [0.1, 0.15) is 28.1 Å². The van der Waals surface area contributed by atoms with E-state index in [-0.39, 0.29) is 17.5 Å². The van der Waals surface area contributed by atoms with E-state index < -0.39 is 5.82 Å². The number of carbonyl (C=O) groups is 1. The van der Waals surface area contributed by atoms with Crippen molar-refractivity contribution in [2.24, 2.45) is 5.73 Å². The van der Waals surface area contributed by atoms with Crippen molar-refractivity contribution in [3.8, 4) is 27.6 Å². The zero-order valence-corrected chi connectivity index (χ0v) is 15.8. The lowest BCUT2D eigenvalue weighted by atomic mass is 10.0. The summed E-state index contributed by atoms with van der Waals surface area (Å²) >= 11 is 1.35. The molecule has 0 aliphatic carbocycles. The third-order valence-corrected chi connectivity index (χ3v) is 6.02. The van der Waals surface area contributed by atoms with Crippen LogP contribution in [0, 0.1) is 17.1 Å².